The summed E-state index contributed by atoms with van der Waals surface area (Å²) in [6.07, 6.45) is 2.26. The first kappa shape index (κ1) is 17.1. The number of carbonyl (C=O) groups is 1. The predicted octanol–water partition coefficient (Wildman–Crippen LogP) is 3.84. The van der Waals surface area contributed by atoms with E-state index in [1.54, 1.807) is 0 Å². The highest BCUT2D eigenvalue weighted by molar-refractivity contribution is 5.89. The van der Waals surface area contributed by atoms with Crippen molar-refractivity contribution < 1.29 is 9.90 Å². The Morgan fingerprint density at radius 3 is 2.46 bits per heavy atom. The van der Waals surface area contributed by atoms with E-state index in [4.69, 9.17) is 0 Å². The molecule has 2 aromatic carbocycles. The maximum absolute atomic E-state index is 12.6. The number of likely N-dealkylation sites (tertiary alicyclic amines) is 1. The molecule has 0 aromatic heterocycles. The van der Waals surface area contributed by atoms with Crippen LogP contribution < -0.4 is 5.32 Å². The summed E-state index contributed by atoms with van der Waals surface area (Å²) in [6.45, 7) is 3.49. The van der Waals surface area contributed by atoms with Crippen molar-refractivity contribution in [2.75, 3.05) is 18.4 Å². The van der Waals surface area contributed by atoms with Gasteiger partial charge in [0.05, 0.1) is 5.60 Å². The molecule has 0 spiro atoms. The first-order valence-corrected chi connectivity index (χ1v) is 9.40. The Morgan fingerprint density at radius 2 is 1.81 bits per heavy atom. The number of nitrogens with one attached hydrogen (secondary N) is 1. The molecule has 136 valence electrons. The Balaban J connectivity index is 1.35. The van der Waals surface area contributed by atoms with Crippen LogP contribution in [0.5, 0.6) is 0 Å². The topological polar surface area (TPSA) is 52.6 Å². The fourth-order valence-electron chi connectivity index (χ4n) is 4.67. The van der Waals surface area contributed by atoms with Gasteiger partial charge in [-0.2, -0.15) is 0 Å². The third-order valence-electron chi connectivity index (χ3n) is 5.79. The van der Waals surface area contributed by atoms with Crippen LogP contribution in [0.3, 0.4) is 0 Å². The molecule has 26 heavy (non-hydrogen) atoms. The Bertz CT molecular complexity index is 776. The summed E-state index contributed by atoms with van der Waals surface area (Å²) in [5, 5.41) is 14.0. The summed E-state index contributed by atoms with van der Waals surface area (Å²) < 4.78 is 0. The number of benzene rings is 2. The summed E-state index contributed by atoms with van der Waals surface area (Å²) >= 11 is 0. The molecule has 0 unspecified atom stereocenters. The van der Waals surface area contributed by atoms with Gasteiger partial charge in [-0.3, -0.25) is 0 Å². The number of aryl methyl sites for hydroxylation is 1. The van der Waals surface area contributed by atoms with Crippen molar-refractivity contribution >= 4 is 11.7 Å². The minimum absolute atomic E-state index is 0.0309. The second-order valence-corrected chi connectivity index (χ2v) is 8.02. The van der Waals surface area contributed by atoms with Crippen molar-refractivity contribution in [3.63, 3.8) is 0 Å². The highest BCUT2D eigenvalue weighted by atomic mass is 16.3. The molecule has 2 N–H and O–H groups in total. The molecule has 0 bridgehead atoms. The van der Waals surface area contributed by atoms with Crippen LogP contribution in [0, 0.1) is 18.8 Å². The van der Waals surface area contributed by atoms with E-state index in [1.807, 2.05) is 54.3 Å². The minimum atomic E-state index is -0.629. The number of hydrogen-bond donors (Lipinski definition) is 2. The second kappa shape index (κ2) is 6.76. The van der Waals surface area contributed by atoms with E-state index in [2.05, 4.69) is 17.4 Å². The number of aliphatic hydroxyl groups is 1. The Kier molecular flexibility index (Phi) is 4.45. The van der Waals surface area contributed by atoms with Crippen LogP contribution in [0.1, 0.15) is 24.0 Å². The molecule has 1 aliphatic heterocycles. The van der Waals surface area contributed by atoms with Crippen molar-refractivity contribution in [2.45, 2.75) is 31.8 Å². The molecule has 1 saturated heterocycles. The zero-order valence-electron chi connectivity index (χ0n) is 15.2. The van der Waals surface area contributed by atoms with E-state index in [9.17, 15) is 9.90 Å². The van der Waals surface area contributed by atoms with Gasteiger partial charge in [0, 0.05) is 25.2 Å². The third-order valence-corrected chi connectivity index (χ3v) is 5.79. The molecule has 4 rings (SSSR count). The van der Waals surface area contributed by atoms with Crippen LogP contribution in [-0.4, -0.2) is 34.7 Å². The lowest BCUT2D eigenvalue weighted by Gasteiger charge is -2.26. The zero-order valence-corrected chi connectivity index (χ0v) is 15.2. The first-order valence-electron chi connectivity index (χ1n) is 9.40. The molecule has 4 heteroatoms. The average molecular weight is 350 g/mol. The van der Waals surface area contributed by atoms with Gasteiger partial charge in [-0.05, 0) is 54.9 Å². The van der Waals surface area contributed by atoms with E-state index in [0.717, 1.165) is 37.2 Å². The maximum atomic E-state index is 12.6. The van der Waals surface area contributed by atoms with Gasteiger partial charge in [0.25, 0.3) is 0 Å². The van der Waals surface area contributed by atoms with E-state index in [-0.39, 0.29) is 6.03 Å². The first-order chi connectivity index (χ1) is 12.5. The number of carbonyl (C=O) groups excluding carboxylic acids is 1. The Hall–Kier alpha value is -2.33. The number of anilines is 1. The van der Waals surface area contributed by atoms with Gasteiger partial charge >= 0.3 is 6.03 Å². The van der Waals surface area contributed by atoms with Crippen molar-refractivity contribution in [1.29, 1.82) is 0 Å². The maximum Gasteiger partial charge on any atom is 0.321 e. The predicted molar refractivity (Wildman–Crippen MR) is 103 cm³/mol. The summed E-state index contributed by atoms with van der Waals surface area (Å²) in [7, 11) is 0. The molecule has 2 fully saturated rings. The lowest BCUT2D eigenvalue weighted by Crippen LogP contribution is -2.36. The lowest BCUT2D eigenvalue weighted by molar-refractivity contribution is 0.0368. The van der Waals surface area contributed by atoms with Crippen LogP contribution in [0.15, 0.2) is 54.6 Å². The molecule has 2 amide bonds. The number of amides is 2. The molecule has 2 aromatic rings. The molecule has 1 aliphatic carbocycles. The summed E-state index contributed by atoms with van der Waals surface area (Å²) in [5.41, 5.74) is 2.53. The van der Waals surface area contributed by atoms with Crippen LogP contribution in [0.2, 0.25) is 0 Å². The quantitative estimate of drug-likeness (QED) is 0.884. The van der Waals surface area contributed by atoms with E-state index in [0.29, 0.717) is 18.3 Å². The highest BCUT2D eigenvalue weighted by Gasteiger charge is 2.49. The SMILES string of the molecule is Cc1cccc(NC(=O)N2C[C@@H]3C[C@](O)(Cc4ccccc4)C[C@@H]3C2)c1. The standard InChI is InChI=1S/C22H26N2O2/c1-16-6-5-9-20(10-16)23-21(25)24-14-18-12-22(26,13-19(18)15-24)11-17-7-3-2-4-8-17/h2-10,18-19,26H,11-15H2,1H3,(H,23,25)/t18-,19+,22+. The largest absolute Gasteiger partial charge is 0.390 e. The summed E-state index contributed by atoms with van der Waals surface area (Å²) in [5.74, 6) is 0.791. The van der Waals surface area contributed by atoms with Crippen LogP contribution >= 0.6 is 0 Å². The van der Waals surface area contributed by atoms with Crippen LogP contribution in [0.4, 0.5) is 10.5 Å². The lowest BCUT2D eigenvalue weighted by atomic mass is 9.91. The monoisotopic (exact) mass is 350 g/mol. The van der Waals surface area contributed by atoms with Crippen molar-refractivity contribution in [3.8, 4) is 0 Å². The fraction of sp³-hybridized carbons (Fsp3) is 0.409. The van der Waals surface area contributed by atoms with Gasteiger partial charge in [-0.1, -0.05) is 42.5 Å². The van der Waals surface area contributed by atoms with Crippen molar-refractivity contribution in [1.82, 2.24) is 4.90 Å². The van der Waals surface area contributed by atoms with Gasteiger partial charge in [-0.15, -0.1) is 0 Å². The fourth-order valence-corrected chi connectivity index (χ4v) is 4.67. The Labute approximate surface area is 154 Å². The molecule has 4 nitrogen and oxygen atoms in total. The van der Waals surface area contributed by atoms with Gasteiger partial charge in [0.1, 0.15) is 0 Å². The zero-order chi connectivity index (χ0) is 18.1. The minimum Gasteiger partial charge on any atom is -0.390 e. The van der Waals surface area contributed by atoms with E-state index >= 15 is 0 Å². The van der Waals surface area contributed by atoms with Gasteiger partial charge in [0.2, 0.25) is 0 Å². The molecule has 2 aliphatic rings. The van der Waals surface area contributed by atoms with Gasteiger partial charge in [0.15, 0.2) is 0 Å². The number of nitrogens with zero attached hydrogens (tertiary/aromatic N) is 1. The average Bonchev–Trinajstić information content (AvgIpc) is 3.10. The van der Waals surface area contributed by atoms with Crippen molar-refractivity contribution in [3.05, 3.63) is 65.7 Å². The van der Waals surface area contributed by atoms with Gasteiger partial charge in [-0.25, -0.2) is 4.79 Å². The molecule has 3 atom stereocenters. The second-order valence-electron chi connectivity index (χ2n) is 8.02. The molecular weight excluding hydrogens is 324 g/mol. The molecule has 0 radical (unpaired) electrons. The summed E-state index contributed by atoms with van der Waals surface area (Å²) in [4.78, 5) is 14.5. The highest BCUT2D eigenvalue weighted by Crippen LogP contribution is 2.45. The molecule has 1 heterocycles. The number of urea groups is 1. The van der Waals surface area contributed by atoms with E-state index in [1.165, 1.54) is 5.56 Å². The normalized spacial score (nSPS) is 27.4. The van der Waals surface area contributed by atoms with Crippen LogP contribution in [0.25, 0.3) is 0 Å². The van der Waals surface area contributed by atoms with Crippen molar-refractivity contribution in [2.24, 2.45) is 11.8 Å². The smallest absolute Gasteiger partial charge is 0.321 e. The van der Waals surface area contributed by atoms with Gasteiger partial charge < -0.3 is 15.3 Å². The van der Waals surface area contributed by atoms with Crippen LogP contribution in [-0.2, 0) is 6.42 Å². The number of hydrogen-bond acceptors (Lipinski definition) is 2. The third kappa shape index (κ3) is 3.61. The van der Waals surface area contributed by atoms with E-state index < -0.39 is 5.60 Å². The Morgan fingerprint density at radius 1 is 1.12 bits per heavy atom. The summed E-state index contributed by atoms with van der Waals surface area (Å²) in [6, 6.07) is 18.0. The molecule has 1 saturated carbocycles. The molecular formula is C22H26N2O2. The number of rotatable bonds is 3. The number of fused-ring (bicyclic) bond motifs is 1.